The summed E-state index contributed by atoms with van der Waals surface area (Å²) in [6.07, 6.45) is 2.66. The SMILES string of the molecule is NC(CO)N(CCO)CCO.c1cnnnc1. The average Bonchev–Trinajstić information content (AvgIpc) is 2.40. The van der Waals surface area contributed by atoms with Gasteiger partial charge < -0.3 is 21.1 Å². The molecule has 0 fully saturated rings. The van der Waals surface area contributed by atoms with E-state index in [2.05, 4.69) is 15.4 Å². The predicted octanol–water partition coefficient (Wildman–Crippen LogP) is -2.58. The summed E-state index contributed by atoms with van der Waals surface area (Å²) in [6, 6.07) is 1.72. The fourth-order valence-corrected chi connectivity index (χ4v) is 1.02. The Bertz CT molecular complexity index is 219. The van der Waals surface area contributed by atoms with Gasteiger partial charge in [0.15, 0.2) is 0 Å². The number of aromatic nitrogens is 3. The Balaban J connectivity index is 0.000000354. The normalized spacial score (nSPS) is 11.8. The lowest BCUT2D eigenvalue weighted by atomic mass is 10.4. The minimum Gasteiger partial charge on any atom is -0.395 e. The van der Waals surface area contributed by atoms with Gasteiger partial charge in [-0.2, -0.15) is 0 Å². The van der Waals surface area contributed by atoms with Crippen LogP contribution in [0.15, 0.2) is 18.5 Å². The minimum atomic E-state index is -0.491. The first-order valence-electron chi connectivity index (χ1n) is 5.16. The summed E-state index contributed by atoms with van der Waals surface area (Å²) in [6.45, 7) is 0.548. The molecule has 0 aliphatic carbocycles. The summed E-state index contributed by atoms with van der Waals surface area (Å²) in [7, 11) is 0. The third-order valence-electron chi connectivity index (χ3n) is 1.84. The molecule has 0 bridgehead atoms. The molecule has 17 heavy (non-hydrogen) atoms. The van der Waals surface area contributed by atoms with Crippen LogP contribution < -0.4 is 5.73 Å². The Morgan fingerprint density at radius 3 is 1.82 bits per heavy atom. The van der Waals surface area contributed by atoms with Gasteiger partial charge in [-0.25, -0.2) is 0 Å². The van der Waals surface area contributed by atoms with E-state index in [-0.39, 0.29) is 19.8 Å². The van der Waals surface area contributed by atoms with E-state index in [1.807, 2.05) is 0 Å². The van der Waals surface area contributed by atoms with E-state index in [1.54, 1.807) is 23.4 Å². The molecule has 0 amide bonds. The van der Waals surface area contributed by atoms with Gasteiger partial charge in [0.05, 0.1) is 38.4 Å². The van der Waals surface area contributed by atoms with Crippen molar-refractivity contribution >= 4 is 0 Å². The van der Waals surface area contributed by atoms with Gasteiger partial charge in [0.2, 0.25) is 0 Å². The molecule has 1 atom stereocenters. The smallest absolute Gasteiger partial charge is 0.0811 e. The summed E-state index contributed by atoms with van der Waals surface area (Å²) < 4.78 is 0. The van der Waals surface area contributed by atoms with Crippen LogP contribution in [0.1, 0.15) is 0 Å². The summed E-state index contributed by atoms with van der Waals surface area (Å²) >= 11 is 0. The van der Waals surface area contributed by atoms with Gasteiger partial charge in [-0.3, -0.25) is 4.90 Å². The number of aliphatic hydroxyl groups excluding tert-OH is 3. The van der Waals surface area contributed by atoms with Crippen LogP contribution in [0, 0.1) is 0 Å². The molecule has 98 valence electrons. The molecule has 1 unspecified atom stereocenters. The number of hydrogen-bond acceptors (Lipinski definition) is 8. The molecule has 0 spiro atoms. The van der Waals surface area contributed by atoms with Crippen molar-refractivity contribution in [2.75, 3.05) is 32.9 Å². The highest BCUT2D eigenvalue weighted by Crippen LogP contribution is 1.90. The van der Waals surface area contributed by atoms with E-state index in [0.29, 0.717) is 13.1 Å². The van der Waals surface area contributed by atoms with Crippen molar-refractivity contribution in [1.82, 2.24) is 20.3 Å². The molecule has 8 nitrogen and oxygen atoms in total. The molecule has 8 heteroatoms. The van der Waals surface area contributed by atoms with Crippen LogP contribution in [-0.4, -0.2) is 74.7 Å². The molecule has 0 aliphatic heterocycles. The molecule has 0 aliphatic rings. The number of nitrogens with two attached hydrogens (primary N) is 1. The molecule has 1 aromatic rings. The lowest BCUT2D eigenvalue weighted by Crippen LogP contribution is -2.47. The van der Waals surface area contributed by atoms with Crippen molar-refractivity contribution in [3.05, 3.63) is 18.5 Å². The van der Waals surface area contributed by atoms with Crippen molar-refractivity contribution in [1.29, 1.82) is 0 Å². The Morgan fingerprint density at radius 1 is 1.06 bits per heavy atom. The second kappa shape index (κ2) is 11.3. The first-order chi connectivity index (χ1) is 8.26. The zero-order valence-electron chi connectivity index (χ0n) is 9.55. The van der Waals surface area contributed by atoms with Crippen molar-refractivity contribution in [2.24, 2.45) is 5.73 Å². The van der Waals surface area contributed by atoms with Crippen LogP contribution in [0.25, 0.3) is 0 Å². The zero-order chi connectivity index (χ0) is 12.9. The van der Waals surface area contributed by atoms with Gasteiger partial charge in [0.25, 0.3) is 0 Å². The number of hydrogen-bond donors (Lipinski definition) is 4. The van der Waals surface area contributed by atoms with Crippen molar-refractivity contribution in [3.63, 3.8) is 0 Å². The van der Waals surface area contributed by atoms with Gasteiger partial charge in [-0.1, -0.05) is 0 Å². The minimum absolute atomic E-state index is 0.0201. The fourth-order valence-electron chi connectivity index (χ4n) is 1.02. The predicted molar refractivity (Wildman–Crippen MR) is 60.6 cm³/mol. The number of rotatable bonds is 6. The van der Waals surface area contributed by atoms with Crippen LogP contribution in [0.3, 0.4) is 0 Å². The Morgan fingerprint density at radius 2 is 1.59 bits per heavy atom. The maximum atomic E-state index is 8.63. The van der Waals surface area contributed by atoms with Gasteiger partial charge in [0, 0.05) is 13.1 Å². The third-order valence-corrected chi connectivity index (χ3v) is 1.84. The Hall–Kier alpha value is -1.19. The van der Waals surface area contributed by atoms with Crippen molar-refractivity contribution in [3.8, 4) is 0 Å². The summed E-state index contributed by atoms with van der Waals surface area (Å²) in [4.78, 5) is 1.61. The van der Waals surface area contributed by atoms with E-state index in [1.165, 1.54) is 0 Å². The van der Waals surface area contributed by atoms with Crippen LogP contribution in [0.2, 0.25) is 0 Å². The molecule has 1 rings (SSSR count). The summed E-state index contributed by atoms with van der Waals surface area (Å²) in [5.74, 6) is 0. The lowest BCUT2D eigenvalue weighted by molar-refractivity contribution is 0.0871. The number of aliphatic hydroxyl groups is 3. The van der Waals surface area contributed by atoms with Crippen molar-refractivity contribution in [2.45, 2.75) is 6.17 Å². The average molecular weight is 245 g/mol. The van der Waals surface area contributed by atoms with Gasteiger partial charge in [0.1, 0.15) is 0 Å². The first kappa shape index (κ1) is 15.8. The van der Waals surface area contributed by atoms with Crippen LogP contribution in [-0.2, 0) is 0 Å². The topological polar surface area (TPSA) is 129 Å². The highest BCUT2D eigenvalue weighted by Gasteiger charge is 2.10. The Labute approximate surface area is 99.7 Å². The molecule has 1 heterocycles. The third kappa shape index (κ3) is 8.60. The second-order valence-corrected chi connectivity index (χ2v) is 3.04. The van der Waals surface area contributed by atoms with E-state index in [9.17, 15) is 0 Å². The van der Waals surface area contributed by atoms with Gasteiger partial charge in [-0.15, -0.1) is 10.2 Å². The fraction of sp³-hybridized carbons (Fsp3) is 0.667. The molecule has 0 saturated carbocycles. The second-order valence-electron chi connectivity index (χ2n) is 3.04. The van der Waals surface area contributed by atoms with E-state index in [4.69, 9.17) is 21.1 Å². The molecular weight excluding hydrogens is 226 g/mol. The van der Waals surface area contributed by atoms with Crippen LogP contribution in [0.4, 0.5) is 0 Å². The van der Waals surface area contributed by atoms with Gasteiger partial charge >= 0.3 is 0 Å². The highest BCUT2D eigenvalue weighted by molar-refractivity contribution is 4.69. The van der Waals surface area contributed by atoms with Crippen LogP contribution in [0.5, 0.6) is 0 Å². The summed E-state index contributed by atoms with van der Waals surface area (Å²) in [5, 5.41) is 35.9. The zero-order valence-corrected chi connectivity index (χ0v) is 9.55. The maximum Gasteiger partial charge on any atom is 0.0811 e. The van der Waals surface area contributed by atoms with E-state index in [0.717, 1.165) is 0 Å². The molecule has 0 radical (unpaired) electrons. The molecular formula is C9H19N5O3. The largest absolute Gasteiger partial charge is 0.395 e. The molecule has 1 aromatic heterocycles. The monoisotopic (exact) mass is 245 g/mol. The quantitative estimate of drug-likeness (QED) is 0.402. The number of nitrogens with zero attached hydrogens (tertiary/aromatic N) is 4. The summed E-state index contributed by atoms with van der Waals surface area (Å²) in [5.41, 5.74) is 5.44. The molecule has 5 N–H and O–H groups in total. The molecule has 0 aromatic carbocycles. The van der Waals surface area contributed by atoms with Crippen LogP contribution >= 0.6 is 0 Å². The van der Waals surface area contributed by atoms with E-state index < -0.39 is 6.17 Å². The highest BCUT2D eigenvalue weighted by atomic mass is 16.3. The standard InChI is InChI=1S/C6H16N2O3.C3H3N3/c7-6(5-11)8(1-3-9)2-4-10;1-2-4-6-5-3-1/h6,9-11H,1-5,7H2;1-3H. The van der Waals surface area contributed by atoms with Crippen molar-refractivity contribution < 1.29 is 15.3 Å². The van der Waals surface area contributed by atoms with E-state index >= 15 is 0 Å². The maximum absolute atomic E-state index is 8.63. The molecule has 0 saturated heterocycles. The Kier molecular flexibility index (Phi) is 10.5. The first-order valence-corrected chi connectivity index (χ1v) is 5.16. The lowest BCUT2D eigenvalue weighted by Gasteiger charge is -2.25. The van der Waals surface area contributed by atoms with Gasteiger partial charge in [-0.05, 0) is 11.3 Å².